The van der Waals surface area contributed by atoms with E-state index in [-0.39, 0.29) is 0 Å². The maximum Gasteiger partial charge on any atom is 0.139 e. The van der Waals surface area contributed by atoms with Gasteiger partial charge in [-0.15, -0.1) is 0 Å². The second kappa shape index (κ2) is 25.1. The van der Waals surface area contributed by atoms with E-state index in [1.807, 2.05) is 116 Å². The van der Waals surface area contributed by atoms with E-state index in [9.17, 15) is 0 Å². The Morgan fingerprint density at radius 3 is 1.28 bits per heavy atom. The first-order valence-electron chi connectivity index (χ1n) is 25.2. The lowest BCUT2D eigenvalue weighted by Crippen LogP contribution is -2.16. The summed E-state index contributed by atoms with van der Waals surface area (Å²) in [6, 6.07) is 54.9. The predicted octanol–water partition coefficient (Wildman–Crippen LogP) is 13.3. The lowest BCUT2D eigenvalue weighted by molar-refractivity contribution is 0.405. The van der Waals surface area contributed by atoms with E-state index in [0.717, 1.165) is 140 Å². The second-order valence-electron chi connectivity index (χ2n) is 18.2. The molecule has 0 aliphatic heterocycles. The quantitative estimate of drug-likeness (QED) is 0.0454. The van der Waals surface area contributed by atoms with Crippen LogP contribution in [0.3, 0.4) is 0 Å². The molecule has 386 valence electrons. The number of benzene rings is 5. The maximum atomic E-state index is 5.32. The summed E-state index contributed by atoms with van der Waals surface area (Å²) in [5, 5.41) is 13.8. The van der Waals surface area contributed by atoms with Crippen LogP contribution in [0.5, 0.6) is 23.0 Å². The van der Waals surface area contributed by atoms with Gasteiger partial charge in [0.25, 0.3) is 0 Å². The molecule has 76 heavy (non-hydrogen) atoms. The Balaban J connectivity index is 0.000000140. The molecule has 11 rings (SSSR count). The highest BCUT2D eigenvalue weighted by Gasteiger charge is 2.12. The number of fused-ring (bicyclic) bond motifs is 3. The van der Waals surface area contributed by atoms with Gasteiger partial charge >= 0.3 is 0 Å². The lowest BCUT2D eigenvalue weighted by Gasteiger charge is -2.11. The SMILES string of the molecule is COc1ccc(CNc2ccnc3[nH]c(-c4ccc(OC)cc4)cc23)cc1.COc1cccc(-c2cc3c(NCCCN(C)C)ccnc3[nH]2)c1.COc1cccc(-c2cc3c(NCc4ccccc4)ccnc3[nH]2)c1. The third-order valence-corrected chi connectivity index (χ3v) is 12.8. The van der Waals surface area contributed by atoms with Gasteiger partial charge in [-0.2, -0.15) is 0 Å². The summed E-state index contributed by atoms with van der Waals surface area (Å²) in [5.41, 5.74) is 14.6. The maximum absolute atomic E-state index is 5.32. The van der Waals surface area contributed by atoms with Crippen LogP contribution in [0.2, 0.25) is 0 Å². The fourth-order valence-corrected chi connectivity index (χ4v) is 8.71. The van der Waals surface area contributed by atoms with Gasteiger partial charge in [-0.3, -0.25) is 0 Å². The number of anilines is 3. The molecule has 0 unspecified atom stereocenters. The molecule has 0 bridgehead atoms. The molecule has 14 nitrogen and oxygen atoms in total. The molecule has 0 amide bonds. The average molecular weight is 1010 g/mol. The molecule has 6 heterocycles. The Bertz CT molecular complexity index is 3590. The zero-order valence-electron chi connectivity index (χ0n) is 43.8. The van der Waals surface area contributed by atoms with E-state index in [0.29, 0.717) is 0 Å². The zero-order valence-corrected chi connectivity index (χ0v) is 43.8. The van der Waals surface area contributed by atoms with Crippen molar-refractivity contribution >= 4 is 50.2 Å². The van der Waals surface area contributed by atoms with Gasteiger partial charge < -0.3 is 54.7 Å². The second-order valence-corrected chi connectivity index (χ2v) is 18.2. The van der Waals surface area contributed by atoms with Crippen LogP contribution >= 0.6 is 0 Å². The van der Waals surface area contributed by atoms with Crippen molar-refractivity contribution in [3.63, 3.8) is 0 Å². The van der Waals surface area contributed by atoms with E-state index < -0.39 is 0 Å². The standard InChI is InChI=1S/C22H21N3O2.C21H19N3O.C19H24N4O/c1-26-17-7-3-15(4-8-17)14-24-20-11-12-23-22-19(20)13-21(25-22)16-5-9-18(27-2)10-6-16;1-25-17-9-5-8-16(12-17)20-13-18-19(10-11-22-21(18)24-20)23-14-15-6-3-2-4-7-15;1-23(2)11-5-9-20-17-8-10-21-19-16(17)13-18(22-19)14-6-4-7-15(12-14)24-3/h3-13H,14H2,1-2H3,(H2,23,24,25);2-13H,14H2,1H3,(H2,22,23,24);4,6-8,10,12-13H,5,9,11H2,1-3H3,(H2,20,21,22). The summed E-state index contributed by atoms with van der Waals surface area (Å²) in [6.45, 7) is 3.52. The van der Waals surface area contributed by atoms with Gasteiger partial charge in [-0.05, 0) is 141 Å². The van der Waals surface area contributed by atoms with Crippen LogP contribution in [-0.2, 0) is 13.1 Å². The number of H-pyrrole nitrogens is 3. The van der Waals surface area contributed by atoms with E-state index >= 15 is 0 Å². The van der Waals surface area contributed by atoms with Crippen LogP contribution in [-0.4, -0.2) is 90.4 Å². The van der Waals surface area contributed by atoms with Gasteiger partial charge in [-0.1, -0.05) is 66.7 Å². The van der Waals surface area contributed by atoms with Crippen LogP contribution in [0.25, 0.3) is 66.9 Å². The summed E-state index contributed by atoms with van der Waals surface area (Å²) in [7, 11) is 10.9. The Morgan fingerprint density at radius 2 is 0.829 bits per heavy atom. The fraction of sp³-hybridized carbons (Fsp3) is 0.177. The number of hydrogen-bond acceptors (Lipinski definition) is 11. The Morgan fingerprint density at radius 1 is 0.408 bits per heavy atom. The minimum absolute atomic E-state index is 0.728. The first kappa shape index (κ1) is 51.6. The summed E-state index contributed by atoms with van der Waals surface area (Å²) in [4.78, 5) is 25.8. The van der Waals surface area contributed by atoms with Gasteiger partial charge in [0.1, 0.15) is 39.9 Å². The smallest absolute Gasteiger partial charge is 0.139 e. The molecule has 5 aromatic carbocycles. The number of nitrogens with zero attached hydrogens (tertiary/aromatic N) is 4. The zero-order chi connectivity index (χ0) is 52.6. The van der Waals surface area contributed by atoms with Crippen molar-refractivity contribution in [1.29, 1.82) is 0 Å². The first-order chi connectivity index (χ1) is 37.3. The molecule has 0 spiro atoms. The molecule has 6 aromatic heterocycles. The third kappa shape index (κ3) is 13.1. The number of ether oxygens (including phenoxy) is 4. The number of pyridine rings is 3. The van der Waals surface area contributed by atoms with Crippen molar-refractivity contribution in [3.05, 3.63) is 194 Å². The molecule has 0 saturated carbocycles. The largest absolute Gasteiger partial charge is 0.497 e. The van der Waals surface area contributed by atoms with Gasteiger partial charge in [0.05, 0.1) is 28.4 Å². The van der Waals surface area contributed by atoms with Gasteiger partial charge in [-0.25, -0.2) is 15.0 Å². The Kier molecular flexibility index (Phi) is 17.1. The van der Waals surface area contributed by atoms with Crippen molar-refractivity contribution in [2.24, 2.45) is 0 Å². The molecule has 11 aromatic rings. The molecular weight excluding hydrogens is 949 g/mol. The van der Waals surface area contributed by atoms with Crippen LogP contribution in [0.1, 0.15) is 17.5 Å². The van der Waals surface area contributed by atoms with E-state index in [4.69, 9.17) is 18.9 Å². The van der Waals surface area contributed by atoms with Crippen LogP contribution in [0, 0.1) is 0 Å². The number of rotatable bonds is 18. The van der Waals surface area contributed by atoms with Crippen LogP contribution < -0.4 is 34.9 Å². The van der Waals surface area contributed by atoms with Crippen molar-refractivity contribution in [2.45, 2.75) is 19.5 Å². The summed E-state index contributed by atoms with van der Waals surface area (Å²) >= 11 is 0. The topological polar surface area (TPSA) is 162 Å². The molecule has 0 radical (unpaired) electrons. The monoisotopic (exact) mass is 1010 g/mol. The predicted molar refractivity (Wildman–Crippen MR) is 310 cm³/mol. The van der Waals surface area contributed by atoms with Crippen molar-refractivity contribution in [2.75, 3.05) is 71.6 Å². The third-order valence-electron chi connectivity index (χ3n) is 12.8. The summed E-state index contributed by atoms with van der Waals surface area (Å²) < 4.78 is 21.1. The van der Waals surface area contributed by atoms with E-state index in [1.165, 1.54) is 11.1 Å². The summed E-state index contributed by atoms with van der Waals surface area (Å²) in [6.07, 6.45) is 6.57. The van der Waals surface area contributed by atoms with Gasteiger partial charge in [0.2, 0.25) is 0 Å². The first-order valence-corrected chi connectivity index (χ1v) is 25.2. The molecule has 0 aliphatic carbocycles. The molecular formula is C62H64N10O4. The highest BCUT2D eigenvalue weighted by Crippen LogP contribution is 2.33. The van der Waals surface area contributed by atoms with Crippen molar-refractivity contribution < 1.29 is 18.9 Å². The highest BCUT2D eigenvalue weighted by molar-refractivity contribution is 5.95. The fourth-order valence-electron chi connectivity index (χ4n) is 8.71. The minimum Gasteiger partial charge on any atom is -0.497 e. The van der Waals surface area contributed by atoms with Gasteiger partial charge in [0, 0.05) is 99.7 Å². The lowest BCUT2D eigenvalue weighted by atomic mass is 10.1. The molecule has 0 aliphatic rings. The highest BCUT2D eigenvalue weighted by atomic mass is 16.5. The van der Waals surface area contributed by atoms with E-state index in [1.54, 1.807) is 28.4 Å². The molecule has 0 saturated heterocycles. The minimum atomic E-state index is 0.728. The number of hydrogen-bond donors (Lipinski definition) is 6. The number of aromatic amines is 3. The number of methoxy groups -OCH3 is 4. The van der Waals surface area contributed by atoms with Crippen molar-refractivity contribution in [1.82, 2.24) is 34.8 Å². The van der Waals surface area contributed by atoms with Gasteiger partial charge in [0.15, 0.2) is 0 Å². The Labute approximate surface area is 443 Å². The molecule has 0 atom stereocenters. The number of aromatic nitrogens is 6. The van der Waals surface area contributed by atoms with Crippen molar-refractivity contribution in [3.8, 4) is 56.8 Å². The van der Waals surface area contributed by atoms with E-state index in [2.05, 4.69) is 132 Å². The molecule has 0 fully saturated rings. The normalized spacial score (nSPS) is 10.9. The molecule has 14 heteroatoms. The van der Waals surface area contributed by atoms with Crippen LogP contribution in [0.4, 0.5) is 17.1 Å². The summed E-state index contributed by atoms with van der Waals surface area (Å²) in [5.74, 6) is 3.39. The van der Waals surface area contributed by atoms with Crippen LogP contribution in [0.15, 0.2) is 182 Å². The molecule has 6 N–H and O–H groups in total. The Hall–Kier alpha value is -9.27. The number of nitrogens with one attached hydrogen (secondary N) is 6. The average Bonchev–Trinajstić information content (AvgIpc) is 4.25.